The van der Waals surface area contributed by atoms with Crippen LogP contribution in [0.2, 0.25) is 10.0 Å². The Kier molecular flexibility index (Phi) is 6.01. The van der Waals surface area contributed by atoms with E-state index in [1.807, 2.05) is 0 Å². The Morgan fingerprint density at radius 2 is 1.85 bits per heavy atom. The van der Waals surface area contributed by atoms with Crippen LogP contribution in [0.4, 0.5) is 16.2 Å². The van der Waals surface area contributed by atoms with Crippen molar-refractivity contribution < 1.29 is 19.2 Å². The lowest BCUT2D eigenvalue weighted by Gasteiger charge is -2.14. The fourth-order valence-corrected chi connectivity index (χ4v) is 2.26. The first-order valence-corrected chi connectivity index (χ1v) is 7.88. The summed E-state index contributed by atoms with van der Waals surface area (Å²) in [6.45, 7) is 0. The number of ether oxygens (including phenoxy) is 1. The summed E-state index contributed by atoms with van der Waals surface area (Å²) < 4.78 is 5.15. The molecule has 10 heteroatoms. The minimum Gasteiger partial charge on any atom is -0.409 e. The van der Waals surface area contributed by atoms with E-state index in [1.54, 1.807) is 0 Å². The molecule has 0 bridgehead atoms. The van der Waals surface area contributed by atoms with Crippen molar-refractivity contribution in [2.24, 2.45) is 0 Å². The van der Waals surface area contributed by atoms with E-state index in [2.05, 4.69) is 5.32 Å². The number of hydrogen-bond acceptors (Lipinski definition) is 5. The Morgan fingerprint density at radius 1 is 1.15 bits per heavy atom. The molecule has 0 spiro atoms. The second kappa shape index (κ2) is 8.03. The number of nitro benzene ring substituents is 1. The van der Waals surface area contributed by atoms with Crippen LogP contribution in [-0.2, 0) is 0 Å². The molecule has 0 aliphatic rings. The zero-order valence-electron chi connectivity index (χ0n) is 13.7. The van der Waals surface area contributed by atoms with Gasteiger partial charge in [0.05, 0.1) is 21.2 Å². The van der Waals surface area contributed by atoms with Gasteiger partial charge < -0.3 is 15.0 Å². The first kappa shape index (κ1) is 19.5. The Morgan fingerprint density at radius 3 is 2.42 bits per heavy atom. The van der Waals surface area contributed by atoms with Gasteiger partial charge in [-0.25, -0.2) is 4.79 Å². The smallest absolute Gasteiger partial charge is 0.409 e. The molecule has 0 radical (unpaired) electrons. The lowest BCUT2D eigenvalue weighted by Crippen LogP contribution is -2.26. The molecule has 2 aromatic rings. The second-order valence-electron chi connectivity index (χ2n) is 5.28. The van der Waals surface area contributed by atoms with E-state index in [9.17, 15) is 19.7 Å². The van der Waals surface area contributed by atoms with Crippen molar-refractivity contribution in [3.05, 3.63) is 62.1 Å². The summed E-state index contributed by atoms with van der Waals surface area (Å²) in [5, 5.41) is 13.5. The highest BCUT2D eigenvalue weighted by molar-refractivity contribution is 6.34. The Hall–Kier alpha value is -2.84. The third kappa shape index (κ3) is 4.62. The fraction of sp³-hybridized carbons (Fsp3) is 0.125. The Labute approximate surface area is 158 Å². The van der Waals surface area contributed by atoms with Crippen LogP contribution in [0.15, 0.2) is 36.4 Å². The van der Waals surface area contributed by atoms with Gasteiger partial charge in [0.25, 0.3) is 11.6 Å². The molecule has 0 heterocycles. The van der Waals surface area contributed by atoms with Crippen LogP contribution in [-0.4, -0.2) is 35.9 Å². The average Bonchev–Trinajstić information content (AvgIpc) is 2.57. The molecule has 0 saturated carbocycles. The molecule has 0 unspecified atom stereocenters. The van der Waals surface area contributed by atoms with Gasteiger partial charge in [-0.2, -0.15) is 0 Å². The van der Waals surface area contributed by atoms with Crippen molar-refractivity contribution >= 4 is 46.6 Å². The number of rotatable bonds is 4. The van der Waals surface area contributed by atoms with Crippen LogP contribution in [0, 0.1) is 10.1 Å². The molecule has 0 atom stereocenters. The van der Waals surface area contributed by atoms with Crippen molar-refractivity contribution in [1.82, 2.24) is 4.90 Å². The quantitative estimate of drug-likeness (QED) is 0.614. The number of benzene rings is 2. The SMILES string of the molecule is CN(C)C(=O)Oc1ccc(Cl)cc1C(=O)Nc1ccc([N+](=O)[O-])cc1Cl. The molecular formula is C16H13Cl2N3O5. The number of nitrogens with zero attached hydrogens (tertiary/aromatic N) is 2. The standard InChI is InChI=1S/C16H13Cl2N3O5/c1-20(2)16(23)26-14-6-3-9(17)7-11(14)15(22)19-13-5-4-10(21(24)25)8-12(13)18/h3-8H,1-2H3,(H,19,22). The second-order valence-corrected chi connectivity index (χ2v) is 6.12. The van der Waals surface area contributed by atoms with Gasteiger partial charge in [-0.15, -0.1) is 0 Å². The van der Waals surface area contributed by atoms with E-state index in [0.29, 0.717) is 0 Å². The van der Waals surface area contributed by atoms with E-state index in [4.69, 9.17) is 27.9 Å². The number of carbonyl (C=O) groups is 2. The normalized spacial score (nSPS) is 10.2. The average molecular weight is 398 g/mol. The van der Waals surface area contributed by atoms with Gasteiger partial charge in [-0.3, -0.25) is 14.9 Å². The first-order chi connectivity index (χ1) is 12.2. The third-order valence-corrected chi connectivity index (χ3v) is 3.71. The number of amides is 2. The van der Waals surface area contributed by atoms with E-state index < -0.39 is 16.9 Å². The monoisotopic (exact) mass is 397 g/mol. The van der Waals surface area contributed by atoms with Gasteiger partial charge in [-0.1, -0.05) is 23.2 Å². The maximum atomic E-state index is 12.5. The molecule has 0 saturated heterocycles. The van der Waals surface area contributed by atoms with E-state index in [1.165, 1.54) is 49.3 Å². The van der Waals surface area contributed by atoms with Gasteiger partial charge in [0, 0.05) is 31.3 Å². The molecule has 0 aromatic heterocycles. The number of non-ortho nitro benzene ring substituents is 1. The van der Waals surface area contributed by atoms with Gasteiger partial charge in [0.15, 0.2) is 0 Å². The predicted molar refractivity (Wildman–Crippen MR) is 97.2 cm³/mol. The summed E-state index contributed by atoms with van der Waals surface area (Å²) in [6.07, 6.45) is -0.672. The number of nitrogens with one attached hydrogen (secondary N) is 1. The van der Waals surface area contributed by atoms with E-state index in [-0.39, 0.29) is 32.7 Å². The van der Waals surface area contributed by atoms with Crippen molar-refractivity contribution in [3.8, 4) is 5.75 Å². The van der Waals surface area contributed by atoms with Crippen LogP contribution < -0.4 is 10.1 Å². The summed E-state index contributed by atoms with van der Waals surface area (Å²) >= 11 is 11.9. The highest BCUT2D eigenvalue weighted by atomic mass is 35.5. The van der Waals surface area contributed by atoms with Crippen molar-refractivity contribution in [3.63, 3.8) is 0 Å². The molecule has 26 heavy (non-hydrogen) atoms. The number of hydrogen-bond donors (Lipinski definition) is 1. The predicted octanol–water partition coefficient (Wildman–Crippen LogP) is 4.21. The summed E-state index contributed by atoms with van der Waals surface area (Å²) in [5.41, 5.74) is -0.0504. The lowest BCUT2D eigenvalue weighted by atomic mass is 10.1. The molecule has 2 aromatic carbocycles. The topological polar surface area (TPSA) is 102 Å². The summed E-state index contributed by atoms with van der Waals surface area (Å²) in [6, 6.07) is 7.79. The van der Waals surface area contributed by atoms with Crippen LogP contribution in [0.5, 0.6) is 5.75 Å². The number of carbonyl (C=O) groups excluding carboxylic acids is 2. The Balaban J connectivity index is 2.30. The maximum absolute atomic E-state index is 12.5. The molecule has 1 N–H and O–H groups in total. The van der Waals surface area contributed by atoms with Crippen molar-refractivity contribution in [2.45, 2.75) is 0 Å². The minimum absolute atomic E-state index is 0.00196. The largest absolute Gasteiger partial charge is 0.414 e. The van der Waals surface area contributed by atoms with Crippen LogP contribution in [0.25, 0.3) is 0 Å². The molecule has 2 rings (SSSR count). The van der Waals surface area contributed by atoms with Crippen LogP contribution >= 0.6 is 23.2 Å². The lowest BCUT2D eigenvalue weighted by molar-refractivity contribution is -0.384. The summed E-state index contributed by atoms with van der Waals surface area (Å²) in [4.78, 5) is 35.6. The first-order valence-electron chi connectivity index (χ1n) is 7.13. The van der Waals surface area contributed by atoms with E-state index in [0.717, 1.165) is 6.07 Å². The number of nitro groups is 1. The molecule has 0 aliphatic heterocycles. The van der Waals surface area contributed by atoms with Gasteiger partial charge in [-0.05, 0) is 24.3 Å². The molecule has 136 valence electrons. The summed E-state index contributed by atoms with van der Waals surface area (Å²) in [5.74, 6) is -0.645. The zero-order chi connectivity index (χ0) is 19.4. The summed E-state index contributed by atoms with van der Waals surface area (Å²) in [7, 11) is 2.99. The highest BCUT2D eigenvalue weighted by Crippen LogP contribution is 2.29. The van der Waals surface area contributed by atoms with Gasteiger partial charge in [0.2, 0.25) is 0 Å². The van der Waals surface area contributed by atoms with Gasteiger partial charge >= 0.3 is 6.09 Å². The zero-order valence-corrected chi connectivity index (χ0v) is 15.2. The molecular weight excluding hydrogens is 385 g/mol. The highest BCUT2D eigenvalue weighted by Gasteiger charge is 2.19. The van der Waals surface area contributed by atoms with Crippen LogP contribution in [0.1, 0.15) is 10.4 Å². The molecule has 0 fully saturated rings. The third-order valence-electron chi connectivity index (χ3n) is 3.16. The Bertz CT molecular complexity index is 886. The van der Waals surface area contributed by atoms with Crippen molar-refractivity contribution in [1.29, 1.82) is 0 Å². The molecule has 8 nitrogen and oxygen atoms in total. The number of halogens is 2. The fourth-order valence-electron chi connectivity index (χ4n) is 1.86. The van der Waals surface area contributed by atoms with Crippen molar-refractivity contribution in [2.75, 3.05) is 19.4 Å². The number of anilines is 1. The van der Waals surface area contributed by atoms with E-state index >= 15 is 0 Å². The molecule has 2 amide bonds. The maximum Gasteiger partial charge on any atom is 0.414 e. The van der Waals surface area contributed by atoms with Gasteiger partial charge in [0.1, 0.15) is 5.75 Å². The molecule has 0 aliphatic carbocycles. The van der Waals surface area contributed by atoms with Crippen LogP contribution in [0.3, 0.4) is 0 Å². The minimum atomic E-state index is -0.672.